The van der Waals surface area contributed by atoms with E-state index in [9.17, 15) is 0 Å². The number of aromatic nitrogens is 3. The van der Waals surface area contributed by atoms with Gasteiger partial charge >= 0.3 is 0 Å². The molecule has 0 saturated heterocycles. The summed E-state index contributed by atoms with van der Waals surface area (Å²) in [5.41, 5.74) is 0.677. The zero-order valence-corrected chi connectivity index (χ0v) is 13.8. The normalized spacial score (nSPS) is 12.6. The summed E-state index contributed by atoms with van der Waals surface area (Å²) in [6.45, 7) is 2.12. The van der Waals surface area contributed by atoms with Gasteiger partial charge in [0, 0.05) is 27.6 Å². The Labute approximate surface area is 128 Å². The molecule has 1 N–H and O–H groups in total. The van der Waals surface area contributed by atoms with E-state index in [0.717, 1.165) is 15.4 Å². The molecule has 0 fully saturated rings. The van der Waals surface area contributed by atoms with Gasteiger partial charge < -0.3 is 9.84 Å². The molecule has 1 unspecified atom stereocenters. The SMILES string of the molecule is CCC(Cc1nc(-c2ncc(Br)cc2Br)no1)NC. The highest BCUT2D eigenvalue weighted by Gasteiger charge is 2.15. The molecular weight excluding hydrogens is 376 g/mol. The molecule has 0 aliphatic heterocycles. The van der Waals surface area contributed by atoms with E-state index in [2.05, 4.69) is 59.2 Å². The first kappa shape index (κ1) is 14.6. The van der Waals surface area contributed by atoms with Crippen molar-refractivity contribution in [2.75, 3.05) is 7.05 Å². The Morgan fingerprint density at radius 1 is 1.42 bits per heavy atom. The smallest absolute Gasteiger partial charge is 0.228 e. The van der Waals surface area contributed by atoms with Crippen LogP contribution in [0.1, 0.15) is 19.2 Å². The molecule has 5 nitrogen and oxygen atoms in total. The van der Waals surface area contributed by atoms with E-state index < -0.39 is 0 Å². The van der Waals surface area contributed by atoms with E-state index in [-0.39, 0.29) is 0 Å². The number of halogens is 2. The molecule has 2 aromatic rings. The lowest BCUT2D eigenvalue weighted by molar-refractivity contribution is 0.359. The van der Waals surface area contributed by atoms with Crippen molar-refractivity contribution in [3.05, 3.63) is 27.1 Å². The van der Waals surface area contributed by atoms with Gasteiger partial charge in [-0.1, -0.05) is 12.1 Å². The molecule has 7 heteroatoms. The molecule has 0 radical (unpaired) electrons. The Balaban J connectivity index is 2.20. The highest BCUT2D eigenvalue weighted by molar-refractivity contribution is 9.11. The number of likely N-dealkylation sites (N-methyl/N-ethyl adjacent to an activating group) is 1. The van der Waals surface area contributed by atoms with Gasteiger partial charge in [0.05, 0.1) is 0 Å². The second kappa shape index (κ2) is 6.58. The number of hydrogen-bond donors (Lipinski definition) is 1. The van der Waals surface area contributed by atoms with Gasteiger partial charge in [-0.25, -0.2) is 0 Å². The second-order valence-corrected chi connectivity index (χ2v) is 5.86. The third kappa shape index (κ3) is 3.61. The van der Waals surface area contributed by atoms with E-state index in [1.807, 2.05) is 13.1 Å². The molecule has 19 heavy (non-hydrogen) atoms. The molecule has 1 atom stereocenters. The van der Waals surface area contributed by atoms with Gasteiger partial charge in [-0.2, -0.15) is 4.98 Å². The van der Waals surface area contributed by atoms with E-state index in [0.29, 0.717) is 29.9 Å². The maximum Gasteiger partial charge on any atom is 0.228 e. The molecule has 0 bridgehead atoms. The maximum absolute atomic E-state index is 5.26. The van der Waals surface area contributed by atoms with Crippen molar-refractivity contribution < 1.29 is 4.52 Å². The Morgan fingerprint density at radius 2 is 2.21 bits per heavy atom. The lowest BCUT2D eigenvalue weighted by Gasteiger charge is -2.09. The maximum atomic E-state index is 5.26. The molecule has 2 heterocycles. The average Bonchev–Trinajstić information content (AvgIpc) is 2.84. The highest BCUT2D eigenvalue weighted by Crippen LogP contribution is 2.26. The van der Waals surface area contributed by atoms with Crippen LogP contribution in [0.5, 0.6) is 0 Å². The minimum absolute atomic E-state index is 0.342. The Bertz CT molecular complexity index is 554. The largest absolute Gasteiger partial charge is 0.339 e. The van der Waals surface area contributed by atoms with Gasteiger partial charge in [0.25, 0.3) is 0 Å². The van der Waals surface area contributed by atoms with Crippen molar-refractivity contribution in [3.8, 4) is 11.5 Å². The van der Waals surface area contributed by atoms with E-state index >= 15 is 0 Å². The molecule has 2 rings (SSSR count). The fraction of sp³-hybridized carbons (Fsp3) is 0.417. The standard InChI is InChI=1S/C12H14Br2N4O/c1-3-8(15-2)5-10-17-12(18-19-10)11-9(14)4-7(13)6-16-11/h4,6,8,15H,3,5H2,1-2H3. The van der Waals surface area contributed by atoms with Gasteiger partial charge in [0.2, 0.25) is 11.7 Å². The van der Waals surface area contributed by atoms with Gasteiger partial charge in [-0.15, -0.1) is 0 Å². The number of rotatable bonds is 5. The van der Waals surface area contributed by atoms with Crippen LogP contribution in [0.25, 0.3) is 11.5 Å². The predicted molar refractivity (Wildman–Crippen MR) is 79.8 cm³/mol. The van der Waals surface area contributed by atoms with Crippen molar-refractivity contribution in [2.45, 2.75) is 25.8 Å². The topological polar surface area (TPSA) is 63.8 Å². The second-order valence-electron chi connectivity index (χ2n) is 4.09. The highest BCUT2D eigenvalue weighted by atomic mass is 79.9. The first-order valence-corrected chi connectivity index (χ1v) is 7.54. The third-order valence-electron chi connectivity index (χ3n) is 2.81. The van der Waals surface area contributed by atoms with Gasteiger partial charge in [0.1, 0.15) is 5.69 Å². The summed E-state index contributed by atoms with van der Waals surface area (Å²) < 4.78 is 6.99. The summed E-state index contributed by atoms with van der Waals surface area (Å²) in [6, 6.07) is 2.25. The van der Waals surface area contributed by atoms with Crippen LogP contribution < -0.4 is 5.32 Å². The monoisotopic (exact) mass is 388 g/mol. The van der Waals surface area contributed by atoms with Crippen LogP contribution in [0.15, 0.2) is 25.7 Å². The van der Waals surface area contributed by atoms with Crippen molar-refractivity contribution in [3.63, 3.8) is 0 Å². The van der Waals surface area contributed by atoms with Crippen LogP contribution >= 0.6 is 31.9 Å². The molecule has 102 valence electrons. The van der Waals surface area contributed by atoms with E-state index in [1.165, 1.54) is 0 Å². The van der Waals surface area contributed by atoms with Crippen molar-refractivity contribution in [2.24, 2.45) is 0 Å². The molecule has 0 aliphatic rings. The molecule has 0 saturated carbocycles. The predicted octanol–water partition coefficient (Wildman–Crippen LogP) is 3.20. The quantitative estimate of drug-likeness (QED) is 0.850. The number of nitrogens with one attached hydrogen (secondary N) is 1. The summed E-state index contributed by atoms with van der Waals surface area (Å²) >= 11 is 6.81. The Morgan fingerprint density at radius 3 is 2.84 bits per heavy atom. The minimum Gasteiger partial charge on any atom is -0.339 e. The average molecular weight is 390 g/mol. The number of hydrogen-bond acceptors (Lipinski definition) is 5. The summed E-state index contributed by atoms with van der Waals surface area (Å²) in [7, 11) is 1.93. The first-order chi connectivity index (χ1) is 9.13. The zero-order chi connectivity index (χ0) is 13.8. The fourth-order valence-electron chi connectivity index (χ4n) is 1.67. The fourth-order valence-corrected chi connectivity index (χ4v) is 2.84. The van der Waals surface area contributed by atoms with Crippen molar-refractivity contribution >= 4 is 31.9 Å². The first-order valence-electron chi connectivity index (χ1n) is 5.95. The molecular formula is C12H14Br2N4O. The zero-order valence-electron chi connectivity index (χ0n) is 10.7. The van der Waals surface area contributed by atoms with Crippen molar-refractivity contribution in [1.29, 1.82) is 0 Å². The van der Waals surface area contributed by atoms with Crippen LogP contribution in [0.3, 0.4) is 0 Å². The summed E-state index contributed by atoms with van der Waals surface area (Å²) in [5, 5.41) is 7.19. The van der Waals surface area contributed by atoms with Crippen LogP contribution in [-0.4, -0.2) is 28.2 Å². The van der Waals surface area contributed by atoms with Crippen LogP contribution in [0.4, 0.5) is 0 Å². The number of pyridine rings is 1. The molecule has 0 aromatic carbocycles. The number of nitrogens with zero attached hydrogens (tertiary/aromatic N) is 3. The molecule has 2 aromatic heterocycles. The Hall–Kier alpha value is -0.790. The summed E-state index contributed by atoms with van der Waals surface area (Å²) in [4.78, 5) is 8.67. The van der Waals surface area contributed by atoms with E-state index in [4.69, 9.17) is 4.52 Å². The van der Waals surface area contributed by atoms with Gasteiger partial charge in [-0.3, -0.25) is 4.98 Å². The lowest BCUT2D eigenvalue weighted by atomic mass is 10.1. The van der Waals surface area contributed by atoms with Gasteiger partial charge in [0.15, 0.2) is 0 Å². The Kier molecular flexibility index (Phi) is 5.06. The van der Waals surface area contributed by atoms with E-state index in [1.54, 1.807) is 6.20 Å². The van der Waals surface area contributed by atoms with Crippen LogP contribution in [0, 0.1) is 0 Å². The molecule has 0 spiro atoms. The van der Waals surface area contributed by atoms with Crippen LogP contribution in [-0.2, 0) is 6.42 Å². The third-order valence-corrected chi connectivity index (χ3v) is 3.85. The molecule has 0 aliphatic carbocycles. The summed E-state index contributed by atoms with van der Waals surface area (Å²) in [5.74, 6) is 1.12. The molecule has 0 amide bonds. The van der Waals surface area contributed by atoms with Gasteiger partial charge in [-0.05, 0) is 51.4 Å². The summed E-state index contributed by atoms with van der Waals surface area (Å²) in [6.07, 6.45) is 3.43. The minimum atomic E-state index is 0.342. The van der Waals surface area contributed by atoms with Crippen molar-refractivity contribution in [1.82, 2.24) is 20.4 Å². The lowest BCUT2D eigenvalue weighted by Crippen LogP contribution is -2.26. The van der Waals surface area contributed by atoms with Crippen LogP contribution in [0.2, 0.25) is 0 Å².